The zero-order valence-corrected chi connectivity index (χ0v) is 15.2. The minimum atomic E-state index is 0.521. The molecule has 4 heterocycles. The van der Waals surface area contributed by atoms with Gasteiger partial charge in [0.05, 0.1) is 5.69 Å². The van der Waals surface area contributed by atoms with Gasteiger partial charge in [-0.2, -0.15) is 9.50 Å². The highest BCUT2D eigenvalue weighted by Crippen LogP contribution is 2.20. The summed E-state index contributed by atoms with van der Waals surface area (Å²) in [6.07, 6.45) is 6.07. The largest absolute Gasteiger partial charge is 0.340 e. The van der Waals surface area contributed by atoms with Crippen LogP contribution in [0.25, 0.3) is 17.8 Å². The number of halogens is 1. The van der Waals surface area contributed by atoms with Crippen LogP contribution in [0.5, 0.6) is 0 Å². The maximum Gasteiger partial charge on any atom is 0.245 e. The standard InChI is InChI=1S/C16H19ClN8/c1-10-14(17)15-19-12(21-25(15)11(2)18-10)6-7-13-20-16(22-23(13)3)24-8-4-5-9-24/h6-7H,4-5,8-9H2,1-3H3/b7-6+. The summed E-state index contributed by atoms with van der Waals surface area (Å²) in [5.74, 6) is 2.85. The lowest BCUT2D eigenvalue weighted by Crippen LogP contribution is -2.19. The van der Waals surface area contributed by atoms with E-state index in [1.54, 1.807) is 9.20 Å². The van der Waals surface area contributed by atoms with Crippen molar-refractivity contribution in [1.29, 1.82) is 0 Å². The molecule has 8 nitrogen and oxygen atoms in total. The third-order valence-electron chi connectivity index (χ3n) is 4.33. The number of aryl methyl sites for hydroxylation is 3. The third-order valence-corrected chi connectivity index (χ3v) is 4.77. The van der Waals surface area contributed by atoms with Crippen molar-refractivity contribution in [2.45, 2.75) is 26.7 Å². The number of hydrogen-bond donors (Lipinski definition) is 0. The fourth-order valence-corrected chi connectivity index (χ4v) is 3.16. The van der Waals surface area contributed by atoms with Gasteiger partial charge < -0.3 is 4.90 Å². The van der Waals surface area contributed by atoms with E-state index in [0.717, 1.165) is 36.4 Å². The highest BCUT2D eigenvalue weighted by atomic mass is 35.5. The second kappa shape index (κ2) is 6.11. The molecule has 0 atom stereocenters. The quantitative estimate of drug-likeness (QED) is 0.715. The van der Waals surface area contributed by atoms with Crippen LogP contribution < -0.4 is 4.90 Å². The summed E-state index contributed by atoms with van der Waals surface area (Å²) in [4.78, 5) is 15.7. The Balaban J connectivity index is 1.65. The molecular weight excluding hydrogens is 340 g/mol. The molecule has 1 fully saturated rings. The minimum absolute atomic E-state index is 0.521. The summed E-state index contributed by atoms with van der Waals surface area (Å²) >= 11 is 6.29. The fraction of sp³-hybridized carbons (Fsp3) is 0.438. The molecule has 25 heavy (non-hydrogen) atoms. The van der Waals surface area contributed by atoms with Crippen molar-refractivity contribution in [2.24, 2.45) is 7.05 Å². The van der Waals surface area contributed by atoms with Gasteiger partial charge in [-0.05, 0) is 38.8 Å². The maximum atomic E-state index is 6.29. The number of anilines is 1. The smallest absolute Gasteiger partial charge is 0.245 e. The van der Waals surface area contributed by atoms with E-state index in [4.69, 9.17) is 11.6 Å². The molecule has 0 unspecified atom stereocenters. The van der Waals surface area contributed by atoms with Crippen LogP contribution >= 0.6 is 11.6 Å². The highest BCUT2D eigenvalue weighted by molar-refractivity contribution is 6.34. The molecule has 1 aliphatic heterocycles. The van der Waals surface area contributed by atoms with Gasteiger partial charge in [0.2, 0.25) is 5.95 Å². The van der Waals surface area contributed by atoms with E-state index >= 15 is 0 Å². The summed E-state index contributed by atoms with van der Waals surface area (Å²) in [5.41, 5.74) is 1.36. The van der Waals surface area contributed by atoms with Gasteiger partial charge in [0.1, 0.15) is 10.8 Å². The lowest BCUT2D eigenvalue weighted by Gasteiger charge is -2.10. The van der Waals surface area contributed by atoms with Gasteiger partial charge in [-0.1, -0.05) is 11.6 Å². The van der Waals surface area contributed by atoms with Crippen LogP contribution in [0.4, 0.5) is 5.95 Å². The Labute approximate surface area is 150 Å². The average Bonchev–Trinajstić information content (AvgIpc) is 3.30. The van der Waals surface area contributed by atoms with Crippen molar-refractivity contribution in [3.8, 4) is 0 Å². The molecule has 3 aromatic heterocycles. The zero-order valence-electron chi connectivity index (χ0n) is 14.4. The molecule has 0 N–H and O–H groups in total. The molecule has 0 aromatic carbocycles. The first-order valence-electron chi connectivity index (χ1n) is 8.26. The minimum Gasteiger partial charge on any atom is -0.340 e. The van der Waals surface area contributed by atoms with Crippen LogP contribution in [0.3, 0.4) is 0 Å². The molecular formula is C16H19ClN8. The second-order valence-electron chi connectivity index (χ2n) is 6.18. The Morgan fingerprint density at radius 3 is 2.52 bits per heavy atom. The molecule has 4 rings (SSSR count). The number of aromatic nitrogens is 7. The summed E-state index contributed by atoms with van der Waals surface area (Å²) in [6, 6.07) is 0. The summed E-state index contributed by atoms with van der Waals surface area (Å²) < 4.78 is 3.42. The van der Waals surface area contributed by atoms with Crippen molar-refractivity contribution in [3.05, 3.63) is 28.2 Å². The first-order valence-corrected chi connectivity index (χ1v) is 8.64. The van der Waals surface area contributed by atoms with Crippen LogP contribution in [0, 0.1) is 13.8 Å². The van der Waals surface area contributed by atoms with E-state index < -0.39 is 0 Å². The molecule has 1 saturated heterocycles. The summed E-state index contributed by atoms with van der Waals surface area (Å²) in [7, 11) is 1.89. The third kappa shape index (κ3) is 2.86. The van der Waals surface area contributed by atoms with Crippen LogP contribution in [-0.4, -0.2) is 47.4 Å². The normalized spacial score (nSPS) is 15.1. The van der Waals surface area contributed by atoms with Crippen LogP contribution in [-0.2, 0) is 7.05 Å². The summed E-state index contributed by atoms with van der Waals surface area (Å²) in [6.45, 7) is 5.78. The first kappa shape index (κ1) is 16.0. The topological polar surface area (TPSA) is 77.0 Å². The Hall–Kier alpha value is -2.48. The van der Waals surface area contributed by atoms with Crippen molar-refractivity contribution in [1.82, 2.24) is 34.3 Å². The van der Waals surface area contributed by atoms with E-state index in [1.807, 2.05) is 33.0 Å². The fourth-order valence-electron chi connectivity index (χ4n) is 3.00. The van der Waals surface area contributed by atoms with Crippen molar-refractivity contribution in [2.75, 3.05) is 18.0 Å². The molecule has 0 amide bonds. The SMILES string of the molecule is Cc1nc(C)n2nc(/C=C/c3nc(N4CCCC4)nn3C)nc2c1Cl. The van der Waals surface area contributed by atoms with Crippen LogP contribution in [0.2, 0.25) is 5.02 Å². The van der Waals surface area contributed by atoms with Gasteiger partial charge in [-0.25, -0.2) is 14.6 Å². The summed E-state index contributed by atoms with van der Waals surface area (Å²) in [5, 5.41) is 9.46. The van der Waals surface area contributed by atoms with Gasteiger partial charge in [-0.3, -0.25) is 0 Å². The van der Waals surface area contributed by atoms with Crippen molar-refractivity contribution in [3.63, 3.8) is 0 Å². The van der Waals surface area contributed by atoms with Crippen LogP contribution in [0.15, 0.2) is 0 Å². The molecule has 0 aliphatic carbocycles. The van der Waals surface area contributed by atoms with Gasteiger partial charge in [0, 0.05) is 20.1 Å². The molecule has 9 heteroatoms. The molecule has 0 saturated carbocycles. The number of nitrogens with zero attached hydrogens (tertiary/aromatic N) is 8. The Kier molecular flexibility index (Phi) is 3.91. The molecule has 1 aliphatic rings. The maximum absolute atomic E-state index is 6.29. The molecule has 0 spiro atoms. The van der Waals surface area contributed by atoms with Gasteiger partial charge in [0.15, 0.2) is 17.3 Å². The van der Waals surface area contributed by atoms with Crippen molar-refractivity contribution < 1.29 is 0 Å². The highest BCUT2D eigenvalue weighted by Gasteiger charge is 2.17. The predicted molar refractivity (Wildman–Crippen MR) is 96.6 cm³/mol. The molecule has 0 radical (unpaired) electrons. The van der Waals surface area contributed by atoms with Crippen molar-refractivity contribution >= 4 is 35.3 Å². The Morgan fingerprint density at radius 1 is 1.00 bits per heavy atom. The van der Waals surface area contributed by atoms with Gasteiger partial charge in [0.25, 0.3) is 0 Å². The van der Waals surface area contributed by atoms with Gasteiger partial charge >= 0.3 is 0 Å². The Bertz CT molecular complexity index is 964. The molecule has 0 bridgehead atoms. The average molecular weight is 359 g/mol. The van der Waals surface area contributed by atoms with Gasteiger partial charge in [-0.15, -0.1) is 10.2 Å². The van der Waals surface area contributed by atoms with E-state index in [9.17, 15) is 0 Å². The number of rotatable bonds is 3. The monoisotopic (exact) mass is 358 g/mol. The lowest BCUT2D eigenvalue weighted by atomic mass is 10.4. The van der Waals surface area contributed by atoms with E-state index in [2.05, 4.69) is 30.0 Å². The van der Waals surface area contributed by atoms with Crippen LogP contribution in [0.1, 0.15) is 36.0 Å². The Morgan fingerprint density at radius 2 is 1.76 bits per heavy atom. The first-order chi connectivity index (χ1) is 12.0. The molecule has 3 aromatic rings. The van der Waals surface area contributed by atoms with E-state index in [-0.39, 0.29) is 0 Å². The van der Waals surface area contributed by atoms with E-state index in [0.29, 0.717) is 16.5 Å². The second-order valence-corrected chi connectivity index (χ2v) is 6.56. The molecule has 130 valence electrons. The predicted octanol–water partition coefficient (Wildman–Crippen LogP) is 2.29. The zero-order chi connectivity index (χ0) is 17.6. The van der Waals surface area contributed by atoms with E-state index in [1.165, 1.54) is 12.8 Å². The number of fused-ring (bicyclic) bond motifs is 1. The number of hydrogen-bond acceptors (Lipinski definition) is 6. The lowest BCUT2D eigenvalue weighted by molar-refractivity contribution is 0.747.